The van der Waals surface area contributed by atoms with Crippen molar-refractivity contribution in [2.24, 2.45) is 0 Å². The predicted molar refractivity (Wildman–Crippen MR) is 50.4 cm³/mol. The molecule has 1 rings (SSSR count). The average molecular weight is 215 g/mol. The number of carbonyl (C=O) groups is 1. The van der Waals surface area contributed by atoms with Crippen LogP contribution in [0.3, 0.4) is 0 Å². The smallest absolute Gasteiger partial charge is 0.259 e. The van der Waals surface area contributed by atoms with Crippen LogP contribution < -0.4 is 0 Å². The molecule has 1 N–H and O–H groups in total. The Bertz CT molecular complexity index is 348. The van der Waals surface area contributed by atoms with Gasteiger partial charge in [-0.1, -0.05) is 6.07 Å². The maximum Gasteiger partial charge on any atom is 0.259 e. The molecule has 0 bridgehead atoms. The Morgan fingerprint density at radius 2 is 1.93 bits per heavy atom. The van der Waals surface area contributed by atoms with Crippen molar-refractivity contribution in [3.05, 3.63) is 35.4 Å². The normalized spacial score (nSPS) is 10.1. The molecule has 0 aliphatic rings. The summed E-state index contributed by atoms with van der Waals surface area (Å²) in [6.07, 6.45) is 0. The number of aliphatic hydroxyl groups is 1. The van der Waals surface area contributed by atoms with Crippen LogP contribution in [-0.4, -0.2) is 36.1 Å². The van der Waals surface area contributed by atoms with Crippen molar-refractivity contribution in [3.63, 3.8) is 0 Å². The Morgan fingerprint density at radius 1 is 1.40 bits per heavy atom. The highest BCUT2D eigenvalue weighted by molar-refractivity contribution is 5.94. The molecule has 0 saturated carbocycles. The Kier molecular flexibility index (Phi) is 3.74. The standard InChI is InChI=1S/C10H11F2NO2/c1-13(5-6-14)10(15)9-7(11)3-2-4-8(9)12/h2-4,14H,5-6H2,1H3. The Morgan fingerprint density at radius 3 is 2.40 bits per heavy atom. The lowest BCUT2D eigenvalue weighted by Crippen LogP contribution is -2.30. The van der Waals surface area contributed by atoms with Crippen molar-refractivity contribution in [3.8, 4) is 0 Å². The maximum absolute atomic E-state index is 13.2. The quantitative estimate of drug-likeness (QED) is 0.818. The molecule has 0 heterocycles. The minimum absolute atomic E-state index is 0.0343. The first-order chi connectivity index (χ1) is 7.07. The van der Waals surface area contributed by atoms with Gasteiger partial charge in [0.2, 0.25) is 0 Å². The number of rotatable bonds is 3. The molecule has 0 aromatic heterocycles. The molecule has 0 saturated heterocycles. The van der Waals surface area contributed by atoms with Crippen molar-refractivity contribution in [2.45, 2.75) is 0 Å². The molecule has 1 aromatic carbocycles. The highest BCUT2D eigenvalue weighted by atomic mass is 19.1. The summed E-state index contributed by atoms with van der Waals surface area (Å²) in [6.45, 7) is -0.217. The van der Waals surface area contributed by atoms with Crippen LogP contribution in [0.2, 0.25) is 0 Å². The van der Waals surface area contributed by atoms with E-state index >= 15 is 0 Å². The highest BCUT2D eigenvalue weighted by Gasteiger charge is 2.19. The van der Waals surface area contributed by atoms with Gasteiger partial charge in [-0.3, -0.25) is 4.79 Å². The third-order valence-electron chi connectivity index (χ3n) is 1.96. The third-order valence-corrected chi connectivity index (χ3v) is 1.96. The molecule has 0 radical (unpaired) electrons. The van der Waals surface area contributed by atoms with Crippen molar-refractivity contribution in [1.82, 2.24) is 4.90 Å². The van der Waals surface area contributed by atoms with E-state index in [4.69, 9.17) is 5.11 Å². The van der Waals surface area contributed by atoms with E-state index in [1.165, 1.54) is 13.1 Å². The predicted octanol–water partition coefficient (Wildman–Crippen LogP) is 1.03. The summed E-state index contributed by atoms with van der Waals surface area (Å²) in [6, 6.07) is 3.22. The van der Waals surface area contributed by atoms with Crippen molar-refractivity contribution in [1.29, 1.82) is 0 Å². The molecule has 82 valence electrons. The van der Waals surface area contributed by atoms with Crippen LogP contribution in [0.5, 0.6) is 0 Å². The van der Waals surface area contributed by atoms with Crippen LogP contribution in [-0.2, 0) is 0 Å². The molecule has 15 heavy (non-hydrogen) atoms. The molecule has 0 unspecified atom stereocenters. The van der Waals surface area contributed by atoms with Crippen molar-refractivity contribution in [2.75, 3.05) is 20.2 Å². The molecule has 5 heteroatoms. The Balaban J connectivity index is 3.00. The molecular weight excluding hydrogens is 204 g/mol. The summed E-state index contributed by atoms with van der Waals surface area (Å²) in [5.41, 5.74) is -0.589. The molecule has 0 spiro atoms. The number of halogens is 2. The Labute approximate surface area is 85.9 Å². The number of amides is 1. The van der Waals surface area contributed by atoms with E-state index in [9.17, 15) is 13.6 Å². The minimum atomic E-state index is -0.898. The zero-order valence-corrected chi connectivity index (χ0v) is 8.20. The summed E-state index contributed by atoms with van der Waals surface area (Å²) in [5, 5.41) is 8.59. The second-order valence-corrected chi connectivity index (χ2v) is 3.05. The molecule has 3 nitrogen and oxygen atoms in total. The van der Waals surface area contributed by atoms with E-state index in [1.54, 1.807) is 0 Å². The molecule has 0 fully saturated rings. The SMILES string of the molecule is CN(CCO)C(=O)c1c(F)cccc1F. The van der Waals surface area contributed by atoms with Gasteiger partial charge in [-0.25, -0.2) is 8.78 Å². The van der Waals surface area contributed by atoms with Gasteiger partial charge in [0.05, 0.1) is 6.61 Å². The van der Waals surface area contributed by atoms with Gasteiger partial charge in [-0.15, -0.1) is 0 Å². The van der Waals surface area contributed by atoms with E-state index in [0.29, 0.717) is 0 Å². The molecule has 1 amide bonds. The molecule has 1 aromatic rings. The second kappa shape index (κ2) is 4.84. The van der Waals surface area contributed by atoms with Gasteiger partial charge in [-0.05, 0) is 12.1 Å². The van der Waals surface area contributed by atoms with Gasteiger partial charge in [0.15, 0.2) is 0 Å². The molecule has 0 aliphatic heterocycles. The summed E-state index contributed by atoms with van der Waals surface area (Å²) >= 11 is 0. The van der Waals surface area contributed by atoms with Crippen LogP contribution >= 0.6 is 0 Å². The van der Waals surface area contributed by atoms with E-state index < -0.39 is 23.1 Å². The van der Waals surface area contributed by atoms with Crippen LogP contribution in [0.1, 0.15) is 10.4 Å². The maximum atomic E-state index is 13.2. The summed E-state index contributed by atoms with van der Waals surface area (Å²) < 4.78 is 26.3. The topological polar surface area (TPSA) is 40.5 Å². The van der Waals surface area contributed by atoms with Gasteiger partial charge in [0.25, 0.3) is 5.91 Å². The van der Waals surface area contributed by atoms with Gasteiger partial charge in [-0.2, -0.15) is 0 Å². The van der Waals surface area contributed by atoms with Crippen LogP contribution in [0.25, 0.3) is 0 Å². The van der Waals surface area contributed by atoms with E-state index in [0.717, 1.165) is 17.0 Å². The second-order valence-electron chi connectivity index (χ2n) is 3.05. The van der Waals surface area contributed by atoms with Gasteiger partial charge < -0.3 is 10.0 Å². The number of aliphatic hydroxyl groups excluding tert-OH is 1. The first-order valence-electron chi connectivity index (χ1n) is 4.38. The first-order valence-corrected chi connectivity index (χ1v) is 4.38. The lowest BCUT2D eigenvalue weighted by Gasteiger charge is -2.16. The Hall–Kier alpha value is -1.49. The number of likely N-dealkylation sites (N-methyl/N-ethyl adjacent to an activating group) is 1. The highest BCUT2D eigenvalue weighted by Crippen LogP contribution is 2.13. The fraction of sp³-hybridized carbons (Fsp3) is 0.300. The van der Waals surface area contributed by atoms with E-state index in [1.807, 2.05) is 0 Å². The fourth-order valence-corrected chi connectivity index (χ4v) is 1.14. The number of hydrogen-bond donors (Lipinski definition) is 1. The number of benzene rings is 1. The van der Waals surface area contributed by atoms with Gasteiger partial charge in [0.1, 0.15) is 17.2 Å². The summed E-state index contributed by atoms with van der Waals surface area (Å²) in [4.78, 5) is 12.6. The summed E-state index contributed by atoms with van der Waals surface area (Å²) in [5.74, 6) is -2.57. The number of hydrogen-bond acceptors (Lipinski definition) is 2. The first kappa shape index (κ1) is 11.6. The van der Waals surface area contributed by atoms with Gasteiger partial charge >= 0.3 is 0 Å². The van der Waals surface area contributed by atoms with Crippen molar-refractivity contribution < 1.29 is 18.7 Å². The van der Waals surface area contributed by atoms with Gasteiger partial charge in [0, 0.05) is 13.6 Å². The minimum Gasteiger partial charge on any atom is -0.395 e. The molecular formula is C10H11F2NO2. The zero-order valence-electron chi connectivity index (χ0n) is 8.20. The average Bonchev–Trinajstić information content (AvgIpc) is 2.17. The summed E-state index contributed by atoms with van der Waals surface area (Å²) in [7, 11) is 1.37. The number of carbonyl (C=O) groups excluding carboxylic acids is 1. The lowest BCUT2D eigenvalue weighted by molar-refractivity contribution is 0.0757. The van der Waals surface area contributed by atoms with Crippen LogP contribution in [0.4, 0.5) is 8.78 Å². The van der Waals surface area contributed by atoms with Crippen molar-refractivity contribution >= 4 is 5.91 Å². The monoisotopic (exact) mass is 215 g/mol. The molecule has 0 atom stereocenters. The molecule has 0 aliphatic carbocycles. The fourth-order valence-electron chi connectivity index (χ4n) is 1.14. The zero-order chi connectivity index (χ0) is 11.4. The third kappa shape index (κ3) is 2.50. The lowest BCUT2D eigenvalue weighted by atomic mass is 10.1. The van der Waals surface area contributed by atoms with Crippen LogP contribution in [0.15, 0.2) is 18.2 Å². The number of nitrogens with zero attached hydrogens (tertiary/aromatic N) is 1. The van der Waals surface area contributed by atoms with E-state index in [2.05, 4.69) is 0 Å². The van der Waals surface area contributed by atoms with Crippen LogP contribution in [0, 0.1) is 11.6 Å². The van der Waals surface area contributed by atoms with E-state index in [-0.39, 0.29) is 13.2 Å². The largest absolute Gasteiger partial charge is 0.395 e.